The molecule has 20 heavy (non-hydrogen) atoms. The van der Waals surface area contributed by atoms with Crippen LogP contribution >= 0.6 is 0 Å². The van der Waals surface area contributed by atoms with E-state index in [1.54, 1.807) is 24.3 Å². The van der Waals surface area contributed by atoms with Crippen LogP contribution in [0.4, 0.5) is 5.82 Å². The van der Waals surface area contributed by atoms with Gasteiger partial charge in [0.15, 0.2) is 0 Å². The third kappa shape index (κ3) is 3.95. The van der Waals surface area contributed by atoms with Crippen molar-refractivity contribution in [1.29, 1.82) is 0 Å². The molecule has 4 heteroatoms. The standard InChI is InChI=1S/C16H22N2O2/c1-6-8-18(9-7-2)14-11-12(15(19)20)10-13(17-14)16(3,4)5/h6-7,10-11H,1-2,8-9H2,3-5H3,(H,19,20). The van der Waals surface area contributed by atoms with Crippen LogP contribution in [-0.2, 0) is 5.41 Å². The molecule has 0 aromatic carbocycles. The van der Waals surface area contributed by atoms with Crippen molar-refractivity contribution >= 4 is 11.8 Å². The zero-order valence-electron chi connectivity index (χ0n) is 12.4. The third-order valence-corrected chi connectivity index (χ3v) is 2.85. The number of carboxylic acids is 1. The minimum atomic E-state index is -0.948. The Labute approximate surface area is 120 Å². The van der Waals surface area contributed by atoms with Crippen molar-refractivity contribution in [3.63, 3.8) is 0 Å². The molecule has 1 aromatic heterocycles. The van der Waals surface area contributed by atoms with Crippen molar-refractivity contribution in [2.24, 2.45) is 0 Å². The number of hydrogen-bond donors (Lipinski definition) is 1. The molecule has 0 unspecified atom stereocenters. The highest BCUT2D eigenvalue weighted by Crippen LogP contribution is 2.25. The van der Waals surface area contributed by atoms with E-state index < -0.39 is 5.97 Å². The summed E-state index contributed by atoms with van der Waals surface area (Å²) in [6, 6.07) is 3.22. The third-order valence-electron chi connectivity index (χ3n) is 2.85. The van der Waals surface area contributed by atoms with Crippen molar-refractivity contribution in [2.45, 2.75) is 26.2 Å². The van der Waals surface area contributed by atoms with E-state index in [1.807, 2.05) is 25.7 Å². The predicted octanol–water partition coefficient (Wildman–Crippen LogP) is 3.26. The molecule has 1 heterocycles. The van der Waals surface area contributed by atoms with Crippen LogP contribution in [0, 0.1) is 0 Å². The van der Waals surface area contributed by atoms with Gasteiger partial charge in [-0.1, -0.05) is 32.9 Å². The van der Waals surface area contributed by atoms with Gasteiger partial charge in [-0.3, -0.25) is 0 Å². The van der Waals surface area contributed by atoms with Crippen LogP contribution in [0.3, 0.4) is 0 Å². The number of rotatable bonds is 6. The Bertz CT molecular complexity index is 506. The first-order chi connectivity index (χ1) is 9.29. The molecule has 0 saturated carbocycles. The topological polar surface area (TPSA) is 53.4 Å². The maximum Gasteiger partial charge on any atom is 0.335 e. The van der Waals surface area contributed by atoms with Gasteiger partial charge in [0, 0.05) is 24.2 Å². The summed E-state index contributed by atoms with van der Waals surface area (Å²) in [7, 11) is 0. The number of carbonyl (C=O) groups is 1. The molecule has 0 aliphatic heterocycles. The highest BCUT2D eigenvalue weighted by atomic mass is 16.4. The SMILES string of the molecule is C=CCN(CC=C)c1cc(C(=O)O)cc(C(C)(C)C)n1. The first-order valence-corrected chi connectivity index (χ1v) is 6.52. The lowest BCUT2D eigenvalue weighted by molar-refractivity contribution is 0.0696. The van der Waals surface area contributed by atoms with Gasteiger partial charge in [-0.2, -0.15) is 0 Å². The fourth-order valence-electron chi connectivity index (χ4n) is 1.76. The van der Waals surface area contributed by atoms with Gasteiger partial charge in [-0.15, -0.1) is 13.2 Å². The van der Waals surface area contributed by atoms with Gasteiger partial charge in [-0.05, 0) is 12.1 Å². The molecule has 108 valence electrons. The molecule has 0 bridgehead atoms. The van der Waals surface area contributed by atoms with Gasteiger partial charge in [0.2, 0.25) is 0 Å². The van der Waals surface area contributed by atoms with Crippen molar-refractivity contribution in [1.82, 2.24) is 4.98 Å². The normalized spacial score (nSPS) is 10.9. The molecule has 0 aliphatic carbocycles. The Balaban J connectivity index is 3.36. The maximum atomic E-state index is 11.3. The number of nitrogens with zero attached hydrogens (tertiary/aromatic N) is 2. The van der Waals surface area contributed by atoms with Gasteiger partial charge >= 0.3 is 5.97 Å². The Morgan fingerprint density at radius 1 is 1.30 bits per heavy atom. The van der Waals surface area contributed by atoms with Crippen LogP contribution < -0.4 is 4.90 Å². The second-order valence-electron chi connectivity index (χ2n) is 5.64. The van der Waals surface area contributed by atoms with Crippen LogP contribution in [-0.4, -0.2) is 29.1 Å². The van der Waals surface area contributed by atoms with Gasteiger partial charge in [-0.25, -0.2) is 9.78 Å². The predicted molar refractivity (Wildman–Crippen MR) is 82.5 cm³/mol. The number of pyridine rings is 1. The zero-order valence-corrected chi connectivity index (χ0v) is 12.4. The second-order valence-corrected chi connectivity index (χ2v) is 5.64. The van der Waals surface area contributed by atoms with Crippen LogP contribution in [0.25, 0.3) is 0 Å². The molecule has 0 atom stereocenters. The minimum absolute atomic E-state index is 0.214. The molecule has 4 nitrogen and oxygen atoms in total. The average Bonchev–Trinajstić information content (AvgIpc) is 2.37. The van der Waals surface area contributed by atoms with Gasteiger partial charge in [0.25, 0.3) is 0 Å². The Morgan fingerprint density at radius 3 is 2.25 bits per heavy atom. The number of aromatic nitrogens is 1. The summed E-state index contributed by atoms with van der Waals surface area (Å²) in [6.45, 7) is 14.6. The lowest BCUT2D eigenvalue weighted by atomic mass is 9.90. The molecular weight excluding hydrogens is 252 g/mol. The number of anilines is 1. The summed E-state index contributed by atoms with van der Waals surface area (Å²) < 4.78 is 0. The number of aromatic carboxylic acids is 1. The molecule has 0 spiro atoms. The summed E-state index contributed by atoms with van der Waals surface area (Å²) in [5.74, 6) is -0.314. The van der Waals surface area contributed by atoms with Crippen LogP contribution in [0.2, 0.25) is 0 Å². The van der Waals surface area contributed by atoms with E-state index in [-0.39, 0.29) is 11.0 Å². The fourth-order valence-corrected chi connectivity index (χ4v) is 1.76. The molecule has 1 aromatic rings. The fraction of sp³-hybridized carbons (Fsp3) is 0.375. The molecule has 1 N–H and O–H groups in total. The number of carboxylic acid groups (broad SMARTS) is 1. The zero-order chi connectivity index (χ0) is 15.3. The van der Waals surface area contributed by atoms with E-state index in [2.05, 4.69) is 18.1 Å². The Kier molecular flexibility index (Phi) is 5.08. The summed E-state index contributed by atoms with van der Waals surface area (Å²) in [4.78, 5) is 17.8. The highest BCUT2D eigenvalue weighted by Gasteiger charge is 2.20. The second kappa shape index (κ2) is 6.37. The van der Waals surface area contributed by atoms with E-state index in [4.69, 9.17) is 0 Å². The largest absolute Gasteiger partial charge is 0.478 e. The van der Waals surface area contributed by atoms with Crippen LogP contribution in [0.5, 0.6) is 0 Å². The molecule has 0 radical (unpaired) electrons. The van der Waals surface area contributed by atoms with E-state index >= 15 is 0 Å². The first kappa shape index (κ1) is 16.0. The van der Waals surface area contributed by atoms with Crippen LogP contribution in [0.1, 0.15) is 36.8 Å². The minimum Gasteiger partial charge on any atom is -0.478 e. The van der Waals surface area contributed by atoms with Gasteiger partial charge in [0.1, 0.15) is 5.82 Å². The van der Waals surface area contributed by atoms with Gasteiger partial charge in [0.05, 0.1) is 5.56 Å². The van der Waals surface area contributed by atoms with Crippen molar-refractivity contribution in [2.75, 3.05) is 18.0 Å². The molecule has 0 fully saturated rings. The molecular formula is C16H22N2O2. The monoisotopic (exact) mass is 274 g/mol. The van der Waals surface area contributed by atoms with Gasteiger partial charge < -0.3 is 10.0 Å². The maximum absolute atomic E-state index is 11.3. The van der Waals surface area contributed by atoms with E-state index in [0.29, 0.717) is 18.9 Å². The summed E-state index contributed by atoms with van der Waals surface area (Å²) in [6.07, 6.45) is 3.52. The summed E-state index contributed by atoms with van der Waals surface area (Å²) in [5.41, 5.74) is 0.789. The Morgan fingerprint density at radius 2 is 1.85 bits per heavy atom. The highest BCUT2D eigenvalue weighted by molar-refractivity contribution is 5.88. The lowest BCUT2D eigenvalue weighted by Gasteiger charge is -2.25. The molecule has 0 amide bonds. The van der Waals surface area contributed by atoms with Crippen molar-refractivity contribution < 1.29 is 9.90 Å². The van der Waals surface area contributed by atoms with Crippen molar-refractivity contribution in [3.8, 4) is 0 Å². The molecule has 1 rings (SSSR count). The molecule has 0 saturated heterocycles. The molecule has 0 aliphatic rings. The van der Waals surface area contributed by atoms with E-state index in [1.165, 1.54) is 0 Å². The van der Waals surface area contributed by atoms with Crippen LogP contribution in [0.15, 0.2) is 37.4 Å². The summed E-state index contributed by atoms with van der Waals surface area (Å²) >= 11 is 0. The average molecular weight is 274 g/mol. The smallest absolute Gasteiger partial charge is 0.335 e. The van der Waals surface area contributed by atoms with E-state index in [0.717, 1.165) is 5.69 Å². The first-order valence-electron chi connectivity index (χ1n) is 6.52. The summed E-state index contributed by atoms with van der Waals surface area (Å²) in [5, 5.41) is 9.25. The van der Waals surface area contributed by atoms with E-state index in [9.17, 15) is 9.90 Å². The van der Waals surface area contributed by atoms with Crippen molar-refractivity contribution in [3.05, 3.63) is 48.7 Å². The quantitative estimate of drug-likeness (QED) is 0.809. The lowest BCUT2D eigenvalue weighted by Crippen LogP contribution is -2.26. The number of hydrogen-bond acceptors (Lipinski definition) is 3. The Hall–Kier alpha value is -2.10.